The van der Waals surface area contributed by atoms with Crippen molar-refractivity contribution in [3.63, 3.8) is 0 Å². The quantitative estimate of drug-likeness (QED) is 0.604. The van der Waals surface area contributed by atoms with E-state index in [4.69, 9.17) is 34.8 Å². The van der Waals surface area contributed by atoms with E-state index in [1.54, 1.807) is 36.4 Å². The number of hydrogen-bond acceptors (Lipinski definition) is 3. The van der Waals surface area contributed by atoms with Crippen molar-refractivity contribution in [1.82, 2.24) is 4.90 Å². The van der Waals surface area contributed by atoms with Gasteiger partial charge in [-0.2, -0.15) is 0 Å². The number of anilines is 2. The van der Waals surface area contributed by atoms with E-state index in [2.05, 4.69) is 10.2 Å². The molecule has 0 aliphatic carbocycles. The summed E-state index contributed by atoms with van der Waals surface area (Å²) in [6.45, 7) is 4.54. The normalized spacial score (nSPS) is 14.3. The minimum absolute atomic E-state index is 0.158. The first-order valence-corrected chi connectivity index (χ1v) is 10.8. The molecule has 1 saturated heterocycles. The molecular weight excluding hydrogens is 445 g/mol. The molecule has 2 aromatic carbocycles. The van der Waals surface area contributed by atoms with E-state index in [0.29, 0.717) is 58.9 Å². The van der Waals surface area contributed by atoms with Crippen LogP contribution in [0.2, 0.25) is 15.1 Å². The van der Waals surface area contributed by atoms with Crippen molar-refractivity contribution in [2.24, 2.45) is 0 Å². The lowest BCUT2D eigenvalue weighted by atomic mass is 10.2. The van der Waals surface area contributed by atoms with Crippen LogP contribution in [0.5, 0.6) is 0 Å². The largest absolute Gasteiger partial charge is 0.366 e. The Morgan fingerprint density at radius 1 is 1.00 bits per heavy atom. The van der Waals surface area contributed by atoms with Crippen LogP contribution in [0.3, 0.4) is 0 Å². The predicted octanol–water partition coefficient (Wildman–Crippen LogP) is 5.36. The van der Waals surface area contributed by atoms with E-state index in [1.165, 1.54) is 6.08 Å². The number of amides is 2. The monoisotopic (exact) mass is 465 g/mol. The van der Waals surface area contributed by atoms with Gasteiger partial charge in [0, 0.05) is 53.7 Å². The molecular formula is C22H22Cl3N3O2. The first kappa shape index (κ1) is 22.5. The van der Waals surface area contributed by atoms with Gasteiger partial charge in [-0.25, -0.2) is 0 Å². The molecule has 1 fully saturated rings. The number of nitrogens with zero attached hydrogens (tertiary/aromatic N) is 2. The molecule has 0 saturated carbocycles. The average molecular weight is 467 g/mol. The minimum atomic E-state index is -0.302. The summed E-state index contributed by atoms with van der Waals surface area (Å²) in [5.41, 5.74) is 2.18. The Kier molecular flexibility index (Phi) is 7.64. The van der Waals surface area contributed by atoms with Gasteiger partial charge in [0.25, 0.3) is 0 Å². The Labute approximate surface area is 191 Å². The smallest absolute Gasteiger partial charge is 0.248 e. The molecule has 1 aliphatic heterocycles. The molecule has 2 amide bonds. The van der Waals surface area contributed by atoms with Gasteiger partial charge < -0.3 is 15.1 Å². The molecule has 1 aliphatic rings. The molecule has 5 nitrogen and oxygen atoms in total. The molecule has 0 radical (unpaired) electrons. The summed E-state index contributed by atoms with van der Waals surface area (Å²) in [7, 11) is 0. The fourth-order valence-corrected chi connectivity index (χ4v) is 3.92. The highest BCUT2D eigenvalue weighted by molar-refractivity contribution is 6.35. The Morgan fingerprint density at radius 2 is 1.67 bits per heavy atom. The van der Waals surface area contributed by atoms with Crippen LogP contribution in [0.1, 0.15) is 18.9 Å². The van der Waals surface area contributed by atoms with Crippen molar-refractivity contribution in [2.45, 2.75) is 13.3 Å². The van der Waals surface area contributed by atoms with E-state index >= 15 is 0 Å². The Balaban J connectivity index is 1.72. The molecule has 8 heteroatoms. The van der Waals surface area contributed by atoms with Crippen LogP contribution in [0.4, 0.5) is 11.4 Å². The Hall–Kier alpha value is -2.21. The number of hydrogen-bond donors (Lipinski definition) is 1. The van der Waals surface area contributed by atoms with Crippen molar-refractivity contribution < 1.29 is 9.59 Å². The maximum absolute atomic E-state index is 12.5. The standard InChI is InChI=1S/C22H22Cl3N3O2/c1-2-22(30)28-11-9-27(10-12-28)20-7-6-17(24)14-19(20)26-21(29)8-4-15-3-5-16(23)13-18(15)25/h3-8,13-14H,2,9-12H2,1H3,(H,26,29)/b8-4+. The number of carbonyl (C=O) groups excluding carboxylic acids is 2. The maximum atomic E-state index is 12.5. The molecule has 1 N–H and O–H groups in total. The van der Waals surface area contributed by atoms with Gasteiger partial charge >= 0.3 is 0 Å². The minimum Gasteiger partial charge on any atom is -0.366 e. The Morgan fingerprint density at radius 3 is 2.33 bits per heavy atom. The molecule has 30 heavy (non-hydrogen) atoms. The second-order valence-electron chi connectivity index (χ2n) is 6.87. The molecule has 0 aromatic heterocycles. The third-order valence-electron chi connectivity index (χ3n) is 4.87. The second kappa shape index (κ2) is 10.2. The summed E-state index contributed by atoms with van der Waals surface area (Å²) < 4.78 is 0. The van der Waals surface area contributed by atoms with Crippen molar-refractivity contribution in [2.75, 3.05) is 36.4 Å². The topological polar surface area (TPSA) is 52.7 Å². The van der Waals surface area contributed by atoms with Crippen LogP contribution in [0, 0.1) is 0 Å². The van der Waals surface area contributed by atoms with Crippen molar-refractivity contribution in [3.05, 3.63) is 63.1 Å². The van der Waals surface area contributed by atoms with Crippen LogP contribution in [-0.4, -0.2) is 42.9 Å². The maximum Gasteiger partial charge on any atom is 0.248 e. The summed E-state index contributed by atoms with van der Waals surface area (Å²) in [5, 5.41) is 4.42. The lowest BCUT2D eigenvalue weighted by Crippen LogP contribution is -2.48. The fourth-order valence-electron chi connectivity index (χ4n) is 3.28. The number of halogens is 3. The molecule has 0 bridgehead atoms. The summed E-state index contributed by atoms with van der Waals surface area (Å²) >= 11 is 18.2. The van der Waals surface area contributed by atoms with Crippen LogP contribution in [0.15, 0.2) is 42.5 Å². The van der Waals surface area contributed by atoms with Gasteiger partial charge in [0.2, 0.25) is 11.8 Å². The number of rotatable bonds is 5. The van der Waals surface area contributed by atoms with E-state index in [0.717, 1.165) is 5.69 Å². The number of piperazine rings is 1. The summed E-state index contributed by atoms with van der Waals surface area (Å²) in [6.07, 6.45) is 3.55. The first-order chi connectivity index (χ1) is 14.4. The fraction of sp³-hybridized carbons (Fsp3) is 0.273. The zero-order chi connectivity index (χ0) is 21.7. The van der Waals surface area contributed by atoms with Gasteiger partial charge in [0.05, 0.1) is 11.4 Å². The van der Waals surface area contributed by atoms with E-state index in [-0.39, 0.29) is 11.8 Å². The van der Waals surface area contributed by atoms with Crippen molar-refractivity contribution >= 4 is 64.1 Å². The zero-order valence-electron chi connectivity index (χ0n) is 16.5. The van der Waals surface area contributed by atoms with Crippen LogP contribution < -0.4 is 10.2 Å². The summed E-state index contributed by atoms with van der Waals surface area (Å²) in [4.78, 5) is 28.4. The van der Waals surface area contributed by atoms with Gasteiger partial charge in [0.15, 0.2) is 0 Å². The van der Waals surface area contributed by atoms with Crippen LogP contribution in [0.25, 0.3) is 6.08 Å². The van der Waals surface area contributed by atoms with E-state index in [9.17, 15) is 9.59 Å². The third kappa shape index (κ3) is 5.69. The molecule has 0 unspecified atom stereocenters. The van der Waals surface area contributed by atoms with E-state index < -0.39 is 0 Å². The molecule has 0 atom stereocenters. The molecule has 0 spiro atoms. The predicted molar refractivity (Wildman–Crippen MR) is 125 cm³/mol. The highest BCUT2D eigenvalue weighted by Crippen LogP contribution is 2.30. The van der Waals surface area contributed by atoms with E-state index in [1.807, 2.05) is 17.9 Å². The van der Waals surface area contributed by atoms with Gasteiger partial charge in [-0.15, -0.1) is 0 Å². The van der Waals surface area contributed by atoms with Crippen molar-refractivity contribution in [1.29, 1.82) is 0 Å². The lowest BCUT2D eigenvalue weighted by molar-refractivity contribution is -0.131. The highest BCUT2D eigenvalue weighted by atomic mass is 35.5. The van der Waals surface area contributed by atoms with Crippen LogP contribution >= 0.6 is 34.8 Å². The van der Waals surface area contributed by atoms with Gasteiger partial charge in [-0.1, -0.05) is 47.8 Å². The molecule has 158 valence electrons. The summed E-state index contributed by atoms with van der Waals surface area (Å²) in [6, 6.07) is 10.5. The lowest BCUT2D eigenvalue weighted by Gasteiger charge is -2.37. The Bertz CT molecular complexity index is 970. The van der Waals surface area contributed by atoms with Crippen molar-refractivity contribution in [3.8, 4) is 0 Å². The number of benzene rings is 2. The van der Waals surface area contributed by atoms with Gasteiger partial charge in [-0.05, 0) is 42.0 Å². The van der Waals surface area contributed by atoms with Gasteiger partial charge in [0.1, 0.15) is 0 Å². The molecule has 1 heterocycles. The van der Waals surface area contributed by atoms with Gasteiger partial charge in [-0.3, -0.25) is 9.59 Å². The summed E-state index contributed by atoms with van der Waals surface area (Å²) in [5.74, 6) is -0.144. The molecule has 3 rings (SSSR count). The first-order valence-electron chi connectivity index (χ1n) is 9.63. The molecule has 2 aromatic rings. The SMILES string of the molecule is CCC(=O)N1CCN(c2ccc(Cl)cc2NC(=O)/C=C/c2ccc(Cl)cc2Cl)CC1. The second-order valence-corrected chi connectivity index (χ2v) is 8.15. The third-order valence-corrected chi connectivity index (χ3v) is 5.67. The number of nitrogens with one attached hydrogen (secondary N) is 1. The highest BCUT2D eigenvalue weighted by Gasteiger charge is 2.22. The van der Waals surface area contributed by atoms with Crippen LogP contribution in [-0.2, 0) is 9.59 Å². The average Bonchev–Trinajstić information content (AvgIpc) is 2.73. The zero-order valence-corrected chi connectivity index (χ0v) is 18.8. The number of carbonyl (C=O) groups is 2.